The highest BCUT2D eigenvalue weighted by Gasteiger charge is 2.17. The number of ether oxygens (including phenoxy) is 1. The molecular formula is C25H33N3O2S. The molecule has 2 N–H and O–H groups in total. The van der Waals surface area contributed by atoms with Crippen molar-refractivity contribution in [2.75, 3.05) is 29.9 Å². The van der Waals surface area contributed by atoms with Gasteiger partial charge in [0.15, 0.2) is 5.11 Å². The molecule has 1 heterocycles. The van der Waals surface area contributed by atoms with Gasteiger partial charge in [-0.15, -0.1) is 0 Å². The number of nitrogens with one attached hydrogen (secondary N) is 2. The summed E-state index contributed by atoms with van der Waals surface area (Å²) in [4.78, 5) is 14.5. The molecule has 0 aromatic heterocycles. The van der Waals surface area contributed by atoms with Gasteiger partial charge in [-0.05, 0) is 87.1 Å². The SMILES string of the molecule is CCOC(=O)c1ccc(C)c(NC(=S)NC(C)c2ccc(N3CCCC(C)C3)cc2)c1. The van der Waals surface area contributed by atoms with Gasteiger partial charge < -0.3 is 20.3 Å². The van der Waals surface area contributed by atoms with E-state index in [1.54, 1.807) is 19.1 Å². The molecule has 1 aliphatic rings. The first-order valence-corrected chi connectivity index (χ1v) is 11.5. The van der Waals surface area contributed by atoms with Crippen LogP contribution in [0.4, 0.5) is 11.4 Å². The van der Waals surface area contributed by atoms with Gasteiger partial charge in [0.05, 0.1) is 18.2 Å². The highest BCUT2D eigenvalue weighted by atomic mass is 32.1. The van der Waals surface area contributed by atoms with Gasteiger partial charge in [0.25, 0.3) is 0 Å². The molecule has 0 radical (unpaired) electrons. The molecule has 2 unspecified atom stereocenters. The third-order valence-corrected chi connectivity index (χ3v) is 5.98. The lowest BCUT2D eigenvalue weighted by atomic mass is 9.99. The number of aryl methyl sites for hydroxylation is 1. The van der Waals surface area contributed by atoms with Crippen LogP contribution >= 0.6 is 12.2 Å². The van der Waals surface area contributed by atoms with E-state index in [0.29, 0.717) is 17.3 Å². The van der Waals surface area contributed by atoms with Gasteiger partial charge in [-0.2, -0.15) is 0 Å². The van der Waals surface area contributed by atoms with Crippen molar-refractivity contribution in [3.05, 3.63) is 59.2 Å². The molecule has 0 amide bonds. The summed E-state index contributed by atoms with van der Waals surface area (Å²) in [7, 11) is 0. The molecular weight excluding hydrogens is 406 g/mol. The zero-order valence-corrected chi connectivity index (χ0v) is 19.7. The van der Waals surface area contributed by atoms with E-state index in [0.717, 1.165) is 30.3 Å². The Balaban J connectivity index is 1.60. The molecule has 0 bridgehead atoms. The Morgan fingerprint density at radius 2 is 2.00 bits per heavy atom. The number of nitrogens with zero attached hydrogens (tertiary/aromatic N) is 1. The Bertz CT molecular complexity index is 913. The van der Waals surface area contributed by atoms with Crippen molar-refractivity contribution in [2.24, 2.45) is 5.92 Å². The first-order chi connectivity index (χ1) is 14.9. The number of rotatable bonds is 6. The Hall–Kier alpha value is -2.60. The summed E-state index contributed by atoms with van der Waals surface area (Å²) in [5.74, 6) is 0.421. The van der Waals surface area contributed by atoms with Crippen molar-refractivity contribution in [1.29, 1.82) is 0 Å². The van der Waals surface area contributed by atoms with Crippen LogP contribution in [-0.2, 0) is 4.74 Å². The second kappa shape index (κ2) is 10.6. The van der Waals surface area contributed by atoms with Gasteiger partial charge in [0, 0.05) is 24.5 Å². The summed E-state index contributed by atoms with van der Waals surface area (Å²) in [6.45, 7) is 10.8. The summed E-state index contributed by atoms with van der Waals surface area (Å²) in [5, 5.41) is 7.08. The minimum absolute atomic E-state index is 0.0582. The van der Waals surface area contributed by atoms with E-state index in [-0.39, 0.29) is 12.0 Å². The van der Waals surface area contributed by atoms with Gasteiger partial charge in [-0.1, -0.05) is 25.1 Å². The van der Waals surface area contributed by atoms with Crippen molar-refractivity contribution in [3.8, 4) is 0 Å². The number of hydrogen-bond acceptors (Lipinski definition) is 4. The molecule has 2 atom stereocenters. The highest BCUT2D eigenvalue weighted by Crippen LogP contribution is 2.25. The molecule has 1 aliphatic heterocycles. The molecule has 2 aromatic rings. The van der Waals surface area contributed by atoms with E-state index in [4.69, 9.17) is 17.0 Å². The second-order valence-corrected chi connectivity index (χ2v) is 8.76. The fourth-order valence-electron chi connectivity index (χ4n) is 3.93. The Morgan fingerprint density at radius 1 is 1.26 bits per heavy atom. The van der Waals surface area contributed by atoms with Crippen molar-refractivity contribution in [1.82, 2.24) is 5.32 Å². The van der Waals surface area contributed by atoms with Crippen molar-refractivity contribution in [2.45, 2.75) is 46.6 Å². The average molecular weight is 440 g/mol. The highest BCUT2D eigenvalue weighted by molar-refractivity contribution is 7.80. The lowest BCUT2D eigenvalue weighted by Crippen LogP contribution is -2.34. The second-order valence-electron chi connectivity index (χ2n) is 8.36. The van der Waals surface area contributed by atoms with Gasteiger partial charge in [-0.25, -0.2) is 4.79 Å². The first-order valence-electron chi connectivity index (χ1n) is 11.1. The molecule has 31 heavy (non-hydrogen) atoms. The van der Waals surface area contributed by atoms with E-state index in [9.17, 15) is 4.79 Å². The molecule has 166 valence electrons. The fraction of sp³-hybridized carbons (Fsp3) is 0.440. The van der Waals surface area contributed by atoms with Crippen molar-refractivity contribution in [3.63, 3.8) is 0 Å². The van der Waals surface area contributed by atoms with E-state index in [2.05, 4.69) is 53.6 Å². The Labute approximate surface area is 191 Å². The molecule has 6 heteroatoms. The van der Waals surface area contributed by atoms with Crippen molar-refractivity contribution < 1.29 is 9.53 Å². The maximum absolute atomic E-state index is 12.0. The normalized spacial score (nSPS) is 17.0. The maximum Gasteiger partial charge on any atom is 0.338 e. The number of thiocarbonyl (C=S) groups is 1. The van der Waals surface area contributed by atoms with Crippen LogP contribution in [0.15, 0.2) is 42.5 Å². The van der Waals surface area contributed by atoms with Crippen LogP contribution in [0.2, 0.25) is 0 Å². The standard InChI is InChI=1S/C25H33N3O2S/c1-5-30-24(29)21-9-8-18(3)23(15-21)27-25(31)26-19(4)20-10-12-22(13-11-20)28-14-6-7-17(2)16-28/h8-13,15,17,19H,5-7,14,16H2,1-4H3,(H2,26,27,31). The van der Waals surface area contributed by atoms with Crippen LogP contribution < -0.4 is 15.5 Å². The zero-order chi connectivity index (χ0) is 22.4. The monoisotopic (exact) mass is 439 g/mol. The number of carbonyl (C=O) groups excluding carboxylic acids is 1. The first kappa shape index (κ1) is 23.1. The number of carbonyl (C=O) groups is 1. The van der Waals surface area contributed by atoms with Gasteiger partial charge in [0.2, 0.25) is 0 Å². The fourth-order valence-corrected chi connectivity index (χ4v) is 4.22. The van der Waals surface area contributed by atoms with E-state index >= 15 is 0 Å². The minimum Gasteiger partial charge on any atom is -0.462 e. The van der Waals surface area contributed by atoms with Gasteiger partial charge in [-0.3, -0.25) is 0 Å². The molecule has 1 fully saturated rings. The number of anilines is 2. The van der Waals surface area contributed by atoms with Crippen LogP contribution in [0.3, 0.4) is 0 Å². The lowest BCUT2D eigenvalue weighted by molar-refractivity contribution is 0.0526. The quantitative estimate of drug-likeness (QED) is 0.461. The summed E-state index contributed by atoms with van der Waals surface area (Å²) in [5.41, 5.74) is 4.77. The van der Waals surface area contributed by atoms with Crippen LogP contribution in [0.1, 0.15) is 61.1 Å². The summed E-state index contributed by atoms with van der Waals surface area (Å²) < 4.78 is 5.09. The van der Waals surface area contributed by atoms with E-state index in [1.807, 2.05) is 13.0 Å². The van der Waals surface area contributed by atoms with E-state index in [1.165, 1.54) is 24.1 Å². The van der Waals surface area contributed by atoms with Gasteiger partial charge >= 0.3 is 5.97 Å². The largest absolute Gasteiger partial charge is 0.462 e. The average Bonchev–Trinajstić information content (AvgIpc) is 2.75. The molecule has 1 saturated heterocycles. The maximum atomic E-state index is 12.0. The predicted octanol–water partition coefficient (Wildman–Crippen LogP) is 5.46. The van der Waals surface area contributed by atoms with E-state index < -0.39 is 0 Å². The molecule has 0 aliphatic carbocycles. The van der Waals surface area contributed by atoms with Crippen LogP contribution in [0, 0.1) is 12.8 Å². The third kappa shape index (κ3) is 6.20. The smallest absolute Gasteiger partial charge is 0.338 e. The predicted molar refractivity (Wildman–Crippen MR) is 132 cm³/mol. The number of esters is 1. The third-order valence-electron chi connectivity index (χ3n) is 5.76. The molecule has 0 spiro atoms. The number of hydrogen-bond donors (Lipinski definition) is 2. The van der Waals surface area contributed by atoms with Crippen LogP contribution in [-0.4, -0.2) is 30.8 Å². The zero-order valence-electron chi connectivity index (χ0n) is 18.9. The summed E-state index contributed by atoms with van der Waals surface area (Å²) in [6.07, 6.45) is 2.58. The molecule has 2 aromatic carbocycles. The lowest BCUT2D eigenvalue weighted by Gasteiger charge is -2.33. The summed E-state index contributed by atoms with van der Waals surface area (Å²) >= 11 is 5.53. The van der Waals surface area contributed by atoms with Crippen LogP contribution in [0.5, 0.6) is 0 Å². The molecule has 5 nitrogen and oxygen atoms in total. The summed E-state index contributed by atoms with van der Waals surface area (Å²) in [6, 6.07) is 14.2. The minimum atomic E-state index is -0.332. The number of benzene rings is 2. The number of piperidine rings is 1. The molecule has 3 rings (SSSR count). The van der Waals surface area contributed by atoms with Gasteiger partial charge in [0.1, 0.15) is 0 Å². The Morgan fingerprint density at radius 3 is 2.68 bits per heavy atom. The van der Waals surface area contributed by atoms with Crippen LogP contribution in [0.25, 0.3) is 0 Å². The topological polar surface area (TPSA) is 53.6 Å². The van der Waals surface area contributed by atoms with Crippen molar-refractivity contribution >= 4 is 34.7 Å². The Kier molecular flexibility index (Phi) is 7.91. The molecule has 0 saturated carbocycles.